The molecule has 3 aromatic rings. The second-order valence-corrected chi connectivity index (χ2v) is 12.0. The molecule has 1 saturated carbocycles. The number of methoxy groups -OCH3 is 2. The van der Waals surface area contributed by atoms with Gasteiger partial charge in [0.25, 0.3) is 0 Å². The first-order valence-electron chi connectivity index (χ1n) is 13.4. The van der Waals surface area contributed by atoms with Crippen LogP contribution in [-0.4, -0.2) is 14.2 Å². The minimum absolute atomic E-state index is 0.188. The Bertz CT molecular complexity index is 1290. The molecule has 2 aliphatic rings. The molecule has 0 heterocycles. The Morgan fingerprint density at radius 2 is 1.73 bits per heavy atom. The fourth-order valence-corrected chi connectivity index (χ4v) is 6.49. The first-order chi connectivity index (χ1) is 17.7. The van der Waals surface area contributed by atoms with Gasteiger partial charge >= 0.3 is 0 Å². The highest BCUT2D eigenvalue weighted by molar-refractivity contribution is 5.70. The third-order valence-electron chi connectivity index (χ3n) is 8.71. The van der Waals surface area contributed by atoms with E-state index in [1.165, 1.54) is 42.9 Å². The lowest BCUT2D eigenvalue weighted by molar-refractivity contribution is 0.0155. The lowest BCUT2D eigenvalue weighted by atomic mass is 9.58. The molecule has 2 aliphatic carbocycles. The maximum Gasteiger partial charge on any atom is 0.131 e. The first-order valence-corrected chi connectivity index (χ1v) is 13.4. The quantitative estimate of drug-likeness (QED) is 0.324. The van der Waals surface area contributed by atoms with Crippen LogP contribution in [0.1, 0.15) is 75.3 Å². The average molecular weight is 503 g/mol. The van der Waals surface area contributed by atoms with Gasteiger partial charge in [0.1, 0.15) is 23.9 Å². The van der Waals surface area contributed by atoms with Crippen LogP contribution in [0.3, 0.4) is 0 Å². The van der Waals surface area contributed by atoms with Crippen LogP contribution in [0.25, 0.3) is 11.1 Å². The van der Waals surface area contributed by atoms with Crippen molar-refractivity contribution in [1.82, 2.24) is 0 Å². The minimum atomic E-state index is -0.285. The van der Waals surface area contributed by atoms with Gasteiger partial charge in [-0.15, -0.1) is 0 Å². The smallest absolute Gasteiger partial charge is 0.131 e. The van der Waals surface area contributed by atoms with Crippen molar-refractivity contribution in [3.8, 4) is 22.6 Å². The standard InChI is InChI=1S/C33H39FO3/c1-21-13-15-33(21)16-14-23-8-9-25(19-29(23)33)37-20-22-7-11-26(27-18-24(35-5)10-12-30(27)34)28(17-22)31(36-6)32(2,3)4/h7-12,17-19,21,31H,13-16,20H2,1-6H3/t21-,31-,33-/m0/s1. The van der Waals surface area contributed by atoms with E-state index in [4.69, 9.17) is 14.2 Å². The summed E-state index contributed by atoms with van der Waals surface area (Å²) in [6.45, 7) is 9.24. The van der Waals surface area contributed by atoms with Crippen molar-refractivity contribution >= 4 is 0 Å². The summed E-state index contributed by atoms with van der Waals surface area (Å²) in [6, 6.07) is 17.6. The predicted molar refractivity (Wildman–Crippen MR) is 147 cm³/mol. The molecule has 4 heteroatoms. The molecule has 3 atom stereocenters. The van der Waals surface area contributed by atoms with Crippen molar-refractivity contribution in [1.29, 1.82) is 0 Å². The lowest BCUT2D eigenvalue weighted by Crippen LogP contribution is -2.40. The zero-order valence-corrected chi connectivity index (χ0v) is 23.0. The largest absolute Gasteiger partial charge is 0.497 e. The molecule has 0 amide bonds. The Balaban J connectivity index is 1.47. The Kier molecular flexibility index (Phi) is 6.83. The zero-order chi connectivity index (χ0) is 26.4. The second-order valence-electron chi connectivity index (χ2n) is 12.0. The van der Waals surface area contributed by atoms with Gasteiger partial charge in [0.15, 0.2) is 0 Å². The Morgan fingerprint density at radius 1 is 0.946 bits per heavy atom. The minimum Gasteiger partial charge on any atom is -0.497 e. The molecule has 0 unspecified atom stereocenters. The van der Waals surface area contributed by atoms with Gasteiger partial charge in [0.05, 0.1) is 13.2 Å². The van der Waals surface area contributed by atoms with Crippen molar-refractivity contribution in [2.75, 3.05) is 14.2 Å². The van der Waals surface area contributed by atoms with E-state index in [0.717, 1.165) is 28.4 Å². The summed E-state index contributed by atoms with van der Waals surface area (Å²) in [4.78, 5) is 0. The van der Waals surface area contributed by atoms with Gasteiger partial charge in [-0.2, -0.15) is 0 Å². The van der Waals surface area contributed by atoms with Crippen LogP contribution >= 0.6 is 0 Å². The van der Waals surface area contributed by atoms with E-state index in [1.54, 1.807) is 26.4 Å². The van der Waals surface area contributed by atoms with Crippen molar-refractivity contribution in [3.05, 3.63) is 82.7 Å². The summed E-state index contributed by atoms with van der Waals surface area (Å²) < 4.78 is 32.7. The molecular weight excluding hydrogens is 463 g/mol. The Morgan fingerprint density at radius 3 is 2.38 bits per heavy atom. The number of ether oxygens (including phenoxy) is 3. The number of halogens is 1. The number of hydrogen-bond donors (Lipinski definition) is 0. The number of fused-ring (bicyclic) bond motifs is 2. The summed E-state index contributed by atoms with van der Waals surface area (Å²) in [5.74, 6) is 2.00. The summed E-state index contributed by atoms with van der Waals surface area (Å²) >= 11 is 0. The summed E-state index contributed by atoms with van der Waals surface area (Å²) in [5.41, 5.74) is 6.45. The van der Waals surface area contributed by atoms with Crippen LogP contribution < -0.4 is 9.47 Å². The normalized spacial score (nSPS) is 21.4. The molecule has 3 aromatic carbocycles. The van der Waals surface area contributed by atoms with Crippen molar-refractivity contribution in [2.45, 2.75) is 71.5 Å². The third kappa shape index (κ3) is 4.65. The number of rotatable bonds is 7. The van der Waals surface area contributed by atoms with E-state index in [9.17, 15) is 0 Å². The van der Waals surface area contributed by atoms with Gasteiger partial charge in [-0.05, 0) is 107 Å². The van der Waals surface area contributed by atoms with Crippen LogP contribution in [0.2, 0.25) is 0 Å². The van der Waals surface area contributed by atoms with E-state index in [1.807, 2.05) is 12.1 Å². The van der Waals surface area contributed by atoms with Gasteiger partial charge < -0.3 is 14.2 Å². The van der Waals surface area contributed by atoms with Gasteiger partial charge in [0, 0.05) is 12.7 Å². The van der Waals surface area contributed by atoms with Crippen molar-refractivity contribution < 1.29 is 18.6 Å². The van der Waals surface area contributed by atoms with Crippen LogP contribution in [0.4, 0.5) is 4.39 Å². The molecule has 196 valence electrons. The molecule has 0 radical (unpaired) electrons. The van der Waals surface area contributed by atoms with Crippen molar-refractivity contribution in [3.63, 3.8) is 0 Å². The Hall–Kier alpha value is -2.85. The molecule has 1 fully saturated rings. The van der Waals surface area contributed by atoms with E-state index >= 15 is 4.39 Å². The van der Waals surface area contributed by atoms with E-state index in [0.29, 0.717) is 23.3 Å². The summed E-state index contributed by atoms with van der Waals surface area (Å²) in [7, 11) is 3.31. The average Bonchev–Trinajstić information content (AvgIpc) is 3.28. The van der Waals surface area contributed by atoms with Gasteiger partial charge in [-0.25, -0.2) is 4.39 Å². The van der Waals surface area contributed by atoms with Gasteiger partial charge in [-0.3, -0.25) is 0 Å². The molecule has 0 saturated heterocycles. The van der Waals surface area contributed by atoms with E-state index < -0.39 is 0 Å². The molecular formula is C33H39FO3. The molecule has 5 rings (SSSR count). The maximum atomic E-state index is 15.0. The topological polar surface area (TPSA) is 27.7 Å². The molecule has 0 bridgehead atoms. The zero-order valence-electron chi connectivity index (χ0n) is 23.0. The van der Waals surface area contributed by atoms with Gasteiger partial charge in [-0.1, -0.05) is 45.9 Å². The molecule has 0 N–H and O–H groups in total. The molecule has 1 spiro atoms. The number of benzene rings is 3. The van der Waals surface area contributed by atoms with Crippen molar-refractivity contribution in [2.24, 2.45) is 11.3 Å². The van der Waals surface area contributed by atoms with Gasteiger partial charge in [0.2, 0.25) is 0 Å². The highest BCUT2D eigenvalue weighted by Gasteiger charge is 2.49. The molecule has 3 nitrogen and oxygen atoms in total. The fraction of sp³-hybridized carbons (Fsp3) is 0.455. The highest BCUT2D eigenvalue weighted by Crippen LogP contribution is 2.56. The second kappa shape index (κ2) is 9.79. The predicted octanol–water partition coefficient (Wildman–Crippen LogP) is 8.43. The van der Waals surface area contributed by atoms with Crippen LogP contribution in [0, 0.1) is 17.2 Å². The van der Waals surface area contributed by atoms with Crippen LogP contribution in [-0.2, 0) is 23.2 Å². The van der Waals surface area contributed by atoms with E-state index in [-0.39, 0.29) is 17.3 Å². The lowest BCUT2D eigenvalue weighted by Gasteiger charge is -2.46. The number of hydrogen-bond acceptors (Lipinski definition) is 3. The third-order valence-corrected chi connectivity index (χ3v) is 8.71. The maximum absolute atomic E-state index is 15.0. The molecule has 37 heavy (non-hydrogen) atoms. The monoisotopic (exact) mass is 502 g/mol. The van der Waals surface area contributed by atoms with Crippen LogP contribution in [0.15, 0.2) is 54.6 Å². The fourth-order valence-electron chi connectivity index (χ4n) is 6.49. The molecule has 0 aliphatic heterocycles. The number of aryl methyl sites for hydroxylation is 1. The summed E-state index contributed by atoms with van der Waals surface area (Å²) in [6.07, 6.45) is 4.83. The Labute approximate surface area is 221 Å². The van der Waals surface area contributed by atoms with Crippen LogP contribution in [0.5, 0.6) is 11.5 Å². The highest BCUT2D eigenvalue weighted by atomic mass is 19.1. The summed E-state index contributed by atoms with van der Waals surface area (Å²) in [5, 5.41) is 0. The molecule has 0 aromatic heterocycles. The van der Waals surface area contributed by atoms with E-state index in [2.05, 4.69) is 52.0 Å². The first kappa shape index (κ1) is 25.8. The SMILES string of the molecule is COc1ccc(F)c(-c2ccc(COc3ccc4c(c3)[C@]3(CC4)CC[C@@H]3C)cc2[C@H](OC)C(C)(C)C)c1.